The third-order valence-corrected chi connectivity index (χ3v) is 4.08. The number of aliphatic carboxylic acids is 1. The van der Waals surface area contributed by atoms with E-state index in [1.807, 2.05) is 0 Å². The number of amides is 1. The second-order valence-electron chi connectivity index (χ2n) is 6.11. The molecule has 1 fully saturated rings. The van der Waals surface area contributed by atoms with Gasteiger partial charge in [0.15, 0.2) is 0 Å². The highest BCUT2D eigenvalue weighted by molar-refractivity contribution is 5.82. The van der Waals surface area contributed by atoms with Crippen molar-refractivity contribution in [1.29, 1.82) is 0 Å². The van der Waals surface area contributed by atoms with Crippen LogP contribution < -0.4 is 0 Å². The van der Waals surface area contributed by atoms with Gasteiger partial charge >= 0.3 is 5.97 Å². The van der Waals surface area contributed by atoms with E-state index in [0.29, 0.717) is 12.8 Å². The quantitative estimate of drug-likeness (QED) is 0.770. The van der Waals surface area contributed by atoms with Gasteiger partial charge in [-0.1, -0.05) is 33.6 Å². The summed E-state index contributed by atoms with van der Waals surface area (Å²) in [5.41, 5.74) is -1.14. The molecule has 2 atom stereocenters. The SMILES string of the molecule is CN(C=O)C1(C(=O)O)CCCCC1C(C)(C)C. The fourth-order valence-electron chi connectivity index (χ4n) is 3.23. The van der Waals surface area contributed by atoms with Crippen molar-refractivity contribution in [3.63, 3.8) is 0 Å². The first-order chi connectivity index (χ1) is 7.76. The highest BCUT2D eigenvalue weighted by Crippen LogP contribution is 2.46. The molecule has 0 radical (unpaired) electrons. The molecule has 98 valence electrons. The monoisotopic (exact) mass is 241 g/mol. The molecule has 1 amide bonds. The van der Waals surface area contributed by atoms with Gasteiger partial charge in [-0.2, -0.15) is 0 Å². The van der Waals surface area contributed by atoms with Crippen molar-refractivity contribution in [3.05, 3.63) is 0 Å². The lowest BCUT2D eigenvalue weighted by Crippen LogP contribution is -2.61. The summed E-state index contributed by atoms with van der Waals surface area (Å²) in [6.07, 6.45) is 3.99. The van der Waals surface area contributed by atoms with Crippen LogP contribution in [0.1, 0.15) is 46.5 Å². The predicted octanol–water partition coefficient (Wildman–Crippen LogP) is 2.13. The zero-order valence-corrected chi connectivity index (χ0v) is 11.2. The van der Waals surface area contributed by atoms with Gasteiger partial charge in [0.05, 0.1) is 0 Å². The second kappa shape index (κ2) is 4.67. The number of hydrogen-bond donors (Lipinski definition) is 1. The van der Waals surface area contributed by atoms with Crippen LogP contribution in [0.3, 0.4) is 0 Å². The minimum Gasteiger partial charge on any atom is -0.479 e. The Labute approximate surface area is 103 Å². The van der Waals surface area contributed by atoms with Gasteiger partial charge in [0.1, 0.15) is 5.54 Å². The maximum absolute atomic E-state index is 11.7. The Morgan fingerprint density at radius 1 is 1.41 bits per heavy atom. The topological polar surface area (TPSA) is 57.6 Å². The molecule has 1 N–H and O–H groups in total. The third-order valence-electron chi connectivity index (χ3n) is 4.08. The van der Waals surface area contributed by atoms with Gasteiger partial charge in [0.2, 0.25) is 6.41 Å². The van der Waals surface area contributed by atoms with Crippen LogP contribution in [0.25, 0.3) is 0 Å². The first-order valence-electron chi connectivity index (χ1n) is 6.18. The summed E-state index contributed by atoms with van der Waals surface area (Å²) in [7, 11) is 1.59. The largest absolute Gasteiger partial charge is 0.479 e. The summed E-state index contributed by atoms with van der Waals surface area (Å²) >= 11 is 0. The van der Waals surface area contributed by atoms with E-state index in [0.717, 1.165) is 19.3 Å². The first kappa shape index (κ1) is 14.0. The molecule has 0 spiro atoms. The van der Waals surface area contributed by atoms with Gasteiger partial charge in [-0.05, 0) is 24.2 Å². The van der Waals surface area contributed by atoms with E-state index < -0.39 is 11.5 Å². The van der Waals surface area contributed by atoms with Gasteiger partial charge in [-0.3, -0.25) is 4.79 Å². The molecule has 4 heteroatoms. The van der Waals surface area contributed by atoms with Crippen molar-refractivity contribution in [3.8, 4) is 0 Å². The second-order valence-corrected chi connectivity index (χ2v) is 6.11. The molecule has 0 heterocycles. The minimum absolute atomic E-state index is 0.00329. The molecule has 1 rings (SSSR count). The Morgan fingerprint density at radius 3 is 2.41 bits per heavy atom. The molecule has 0 saturated heterocycles. The van der Waals surface area contributed by atoms with E-state index in [1.54, 1.807) is 7.05 Å². The molecule has 0 bridgehead atoms. The molecule has 0 aliphatic heterocycles. The molecule has 0 aromatic carbocycles. The number of likely N-dealkylation sites (N-methyl/N-ethyl adjacent to an activating group) is 1. The van der Waals surface area contributed by atoms with Crippen LogP contribution in [0.2, 0.25) is 0 Å². The number of carbonyl (C=O) groups is 2. The Morgan fingerprint density at radius 2 is 2.00 bits per heavy atom. The normalized spacial score (nSPS) is 29.8. The summed E-state index contributed by atoms with van der Waals surface area (Å²) in [4.78, 5) is 24.1. The van der Waals surface area contributed by atoms with Gasteiger partial charge in [0.25, 0.3) is 0 Å². The van der Waals surface area contributed by atoms with Gasteiger partial charge in [-0.25, -0.2) is 4.79 Å². The van der Waals surface area contributed by atoms with Crippen LogP contribution in [0, 0.1) is 11.3 Å². The molecule has 1 saturated carbocycles. The molecule has 0 aromatic rings. The zero-order chi connectivity index (χ0) is 13.3. The number of nitrogens with zero attached hydrogens (tertiary/aromatic N) is 1. The fraction of sp³-hybridized carbons (Fsp3) is 0.846. The number of rotatable bonds is 3. The van der Waals surface area contributed by atoms with E-state index in [-0.39, 0.29) is 11.3 Å². The average molecular weight is 241 g/mol. The Kier molecular flexibility index (Phi) is 3.84. The lowest BCUT2D eigenvalue weighted by molar-refractivity contribution is -0.165. The molecule has 17 heavy (non-hydrogen) atoms. The van der Waals surface area contributed by atoms with E-state index in [4.69, 9.17) is 0 Å². The molecule has 0 aromatic heterocycles. The summed E-state index contributed by atoms with van der Waals surface area (Å²) in [6, 6.07) is 0. The van der Waals surface area contributed by atoms with Gasteiger partial charge in [0, 0.05) is 7.05 Å². The van der Waals surface area contributed by atoms with Crippen LogP contribution in [-0.4, -0.2) is 35.0 Å². The molecular weight excluding hydrogens is 218 g/mol. The van der Waals surface area contributed by atoms with Crippen molar-refractivity contribution in [2.75, 3.05) is 7.05 Å². The van der Waals surface area contributed by atoms with E-state index in [1.165, 1.54) is 4.90 Å². The summed E-state index contributed by atoms with van der Waals surface area (Å²) in [5.74, 6) is -0.872. The third kappa shape index (κ3) is 2.31. The zero-order valence-electron chi connectivity index (χ0n) is 11.2. The number of carboxylic acids is 1. The van der Waals surface area contributed by atoms with Gasteiger partial charge in [-0.15, -0.1) is 0 Å². The lowest BCUT2D eigenvalue weighted by Gasteiger charge is -2.50. The number of carbonyl (C=O) groups excluding carboxylic acids is 1. The highest BCUT2D eigenvalue weighted by Gasteiger charge is 2.54. The maximum atomic E-state index is 11.7. The first-order valence-corrected chi connectivity index (χ1v) is 6.18. The Balaban J connectivity index is 3.23. The van der Waals surface area contributed by atoms with Crippen LogP contribution in [0.15, 0.2) is 0 Å². The molecule has 1 aliphatic carbocycles. The molecule has 2 unspecified atom stereocenters. The van der Waals surface area contributed by atoms with Gasteiger partial charge < -0.3 is 10.0 Å². The minimum atomic E-state index is -1.03. The highest BCUT2D eigenvalue weighted by atomic mass is 16.4. The van der Waals surface area contributed by atoms with Crippen molar-refractivity contribution >= 4 is 12.4 Å². The van der Waals surface area contributed by atoms with Crippen molar-refractivity contribution in [1.82, 2.24) is 4.90 Å². The maximum Gasteiger partial charge on any atom is 0.329 e. The van der Waals surface area contributed by atoms with Crippen LogP contribution in [-0.2, 0) is 9.59 Å². The van der Waals surface area contributed by atoms with Crippen LogP contribution >= 0.6 is 0 Å². The smallest absolute Gasteiger partial charge is 0.329 e. The average Bonchev–Trinajstić information content (AvgIpc) is 2.26. The van der Waals surface area contributed by atoms with Crippen LogP contribution in [0.4, 0.5) is 0 Å². The molecule has 4 nitrogen and oxygen atoms in total. The number of hydrogen-bond acceptors (Lipinski definition) is 2. The summed E-state index contributed by atoms with van der Waals surface area (Å²) < 4.78 is 0. The van der Waals surface area contributed by atoms with E-state index in [9.17, 15) is 14.7 Å². The van der Waals surface area contributed by atoms with Crippen molar-refractivity contribution < 1.29 is 14.7 Å². The molecular formula is C13H23NO3. The van der Waals surface area contributed by atoms with E-state index >= 15 is 0 Å². The van der Waals surface area contributed by atoms with E-state index in [2.05, 4.69) is 20.8 Å². The summed E-state index contributed by atoms with van der Waals surface area (Å²) in [5, 5.41) is 9.62. The fourth-order valence-corrected chi connectivity index (χ4v) is 3.23. The Hall–Kier alpha value is -1.06. The number of carboxylic acid groups (broad SMARTS) is 1. The van der Waals surface area contributed by atoms with Crippen molar-refractivity contribution in [2.24, 2.45) is 11.3 Å². The predicted molar refractivity (Wildman–Crippen MR) is 65.6 cm³/mol. The van der Waals surface area contributed by atoms with Crippen LogP contribution in [0.5, 0.6) is 0 Å². The van der Waals surface area contributed by atoms with Crippen molar-refractivity contribution in [2.45, 2.75) is 52.0 Å². The lowest BCUT2D eigenvalue weighted by atomic mass is 9.61. The standard InChI is InChI=1S/C13H23NO3/c1-12(2,3)10-7-5-6-8-13(10,11(16)17)14(4)9-15/h9-10H,5-8H2,1-4H3,(H,16,17). The summed E-state index contributed by atoms with van der Waals surface area (Å²) in [6.45, 7) is 6.16. The molecule has 1 aliphatic rings. The Bertz CT molecular complexity index is 308.